The van der Waals surface area contributed by atoms with Gasteiger partial charge in [-0.1, -0.05) is 18.6 Å². The van der Waals surface area contributed by atoms with Gasteiger partial charge in [-0.3, -0.25) is 9.48 Å². The fourth-order valence-corrected chi connectivity index (χ4v) is 2.20. The van der Waals surface area contributed by atoms with E-state index in [1.165, 1.54) is 0 Å². The topological polar surface area (TPSA) is 44.1 Å². The van der Waals surface area contributed by atoms with Gasteiger partial charge in [0.15, 0.2) is 5.78 Å². The van der Waals surface area contributed by atoms with Gasteiger partial charge in [0, 0.05) is 12.2 Å². The van der Waals surface area contributed by atoms with Crippen molar-refractivity contribution in [1.29, 1.82) is 0 Å². The summed E-state index contributed by atoms with van der Waals surface area (Å²) in [5.41, 5.74) is 2.46. The maximum Gasteiger partial charge on any atom is 0.172 e. The van der Waals surface area contributed by atoms with Crippen LogP contribution in [0.3, 0.4) is 0 Å². The highest BCUT2D eigenvalue weighted by Crippen LogP contribution is 2.21. The molecule has 0 aliphatic carbocycles. The number of ether oxygens (including phenoxy) is 1. The first-order valence-corrected chi connectivity index (χ1v) is 7.27. The Morgan fingerprint density at radius 2 is 2.14 bits per heavy atom. The molecule has 0 spiro atoms. The fraction of sp³-hybridized carbons (Fsp3) is 0.412. The molecule has 1 unspecified atom stereocenters. The van der Waals surface area contributed by atoms with E-state index in [0.29, 0.717) is 23.8 Å². The first-order chi connectivity index (χ1) is 10.0. The van der Waals surface area contributed by atoms with E-state index in [-0.39, 0.29) is 5.78 Å². The number of aromatic nitrogens is 2. The molecule has 0 aliphatic rings. The average Bonchev–Trinajstić information content (AvgIpc) is 2.94. The van der Waals surface area contributed by atoms with Crippen LogP contribution in [0.25, 0.3) is 0 Å². The van der Waals surface area contributed by atoms with Gasteiger partial charge in [0.1, 0.15) is 5.75 Å². The fourth-order valence-electron chi connectivity index (χ4n) is 2.20. The Hall–Kier alpha value is -2.10. The van der Waals surface area contributed by atoms with Crippen LogP contribution in [0.2, 0.25) is 0 Å². The number of benzene rings is 1. The van der Waals surface area contributed by atoms with E-state index in [4.69, 9.17) is 4.74 Å². The van der Waals surface area contributed by atoms with Crippen molar-refractivity contribution in [3.63, 3.8) is 0 Å². The molecule has 1 aromatic carbocycles. The smallest absolute Gasteiger partial charge is 0.172 e. The van der Waals surface area contributed by atoms with Crippen molar-refractivity contribution in [3.8, 4) is 5.75 Å². The number of hydrogen-bond acceptors (Lipinski definition) is 3. The first kappa shape index (κ1) is 15.3. The van der Waals surface area contributed by atoms with Crippen molar-refractivity contribution in [2.75, 3.05) is 7.11 Å². The van der Waals surface area contributed by atoms with Gasteiger partial charge < -0.3 is 4.74 Å². The number of ketones is 1. The number of nitrogens with zero attached hydrogens (tertiary/aromatic N) is 2. The molecule has 1 atom stereocenters. The van der Waals surface area contributed by atoms with Gasteiger partial charge in [0.25, 0.3) is 0 Å². The summed E-state index contributed by atoms with van der Waals surface area (Å²) in [6.07, 6.45) is 3.24. The lowest BCUT2D eigenvalue weighted by Crippen LogP contribution is -2.09. The molecule has 0 radical (unpaired) electrons. The third kappa shape index (κ3) is 3.51. The molecule has 0 bridgehead atoms. The first-order valence-electron chi connectivity index (χ1n) is 7.27. The number of aryl methyl sites for hydroxylation is 1. The van der Waals surface area contributed by atoms with Crippen LogP contribution in [0, 0.1) is 6.92 Å². The summed E-state index contributed by atoms with van der Waals surface area (Å²) in [5, 5.41) is 4.48. The zero-order chi connectivity index (χ0) is 15.4. The van der Waals surface area contributed by atoms with E-state index in [0.717, 1.165) is 17.7 Å². The van der Waals surface area contributed by atoms with Crippen LogP contribution in [-0.2, 0) is 6.42 Å². The van der Waals surface area contributed by atoms with Crippen molar-refractivity contribution >= 4 is 5.78 Å². The second kappa shape index (κ2) is 6.57. The third-order valence-corrected chi connectivity index (χ3v) is 3.70. The average molecular weight is 286 g/mol. The summed E-state index contributed by atoms with van der Waals surface area (Å²) in [7, 11) is 1.58. The van der Waals surface area contributed by atoms with Crippen LogP contribution in [-0.4, -0.2) is 22.7 Å². The molecule has 4 nitrogen and oxygen atoms in total. The van der Waals surface area contributed by atoms with Gasteiger partial charge in [-0.2, -0.15) is 5.10 Å². The highest BCUT2D eigenvalue weighted by molar-refractivity contribution is 5.99. The Labute approximate surface area is 125 Å². The molecule has 2 aromatic rings. The van der Waals surface area contributed by atoms with E-state index in [1.807, 2.05) is 42.1 Å². The molecule has 21 heavy (non-hydrogen) atoms. The minimum absolute atomic E-state index is 0.0324. The highest BCUT2D eigenvalue weighted by atomic mass is 16.5. The van der Waals surface area contributed by atoms with Gasteiger partial charge >= 0.3 is 0 Å². The zero-order valence-electron chi connectivity index (χ0n) is 13.1. The quantitative estimate of drug-likeness (QED) is 0.762. The van der Waals surface area contributed by atoms with E-state index in [1.54, 1.807) is 7.11 Å². The number of rotatable bonds is 6. The lowest BCUT2D eigenvalue weighted by atomic mass is 10.0. The summed E-state index contributed by atoms with van der Waals surface area (Å²) < 4.78 is 7.19. The van der Waals surface area contributed by atoms with E-state index in [9.17, 15) is 4.79 Å². The van der Waals surface area contributed by atoms with Crippen molar-refractivity contribution in [1.82, 2.24) is 9.78 Å². The van der Waals surface area contributed by atoms with Crippen LogP contribution < -0.4 is 4.74 Å². The minimum atomic E-state index is 0.0324. The van der Waals surface area contributed by atoms with Gasteiger partial charge in [0.2, 0.25) is 0 Å². The number of Topliss-reactive ketones (excluding diaryl/α,β-unsaturated/α-hetero) is 1. The Morgan fingerprint density at radius 3 is 2.81 bits per heavy atom. The number of carbonyl (C=O) groups is 1. The van der Waals surface area contributed by atoms with Gasteiger partial charge in [0.05, 0.1) is 24.8 Å². The lowest BCUT2D eigenvalue weighted by molar-refractivity contribution is 0.0988. The van der Waals surface area contributed by atoms with E-state index >= 15 is 0 Å². The Bertz CT molecular complexity index is 631. The predicted molar refractivity (Wildman–Crippen MR) is 83.0 cm³/mol. The summed E-state index contributed by atoms with van der Waals surface area (Å²) in [6, 6.07) is 7.90. The second-order valence-electron chi connectivity index (χ2n) is 5.35. The second-order valence-corrected chi connectivity index (χ2v) is 5.35. The monoisotopic (exact) mass is 286 g/mol. The maximum atomic E-state index is 12.5. The molecule has 0 amide bonds. The highest BCUT2D eigenvalue weighted by Gasteiger charge is 2.15. The Kier molecular flexibility index (Phi) is 4.78. The largest absolute Gasteiger partial charge is 0.496 e. The number of carbonyl (C=O) groups excluding carboxylic acids is 1. The van der Waals surface area contributed by atoms with Crippen LogP contribution >= 0.6 is 0 Å². The van der Waals surface area contributed by atoms with Crippen molar-refractivity contribution in [3.05, 3.63) is 47.3 Å². The van der Waals surface area contributed by atoms with Crippen molar-refractivity contribution < 1.29 is 9.53 Å². The van der Waals surface area contributed by atoms with Gasteiger partial charge in [-0.15, -0.1) is 0 Å². The molecule has 1 aromatic heterocycles. The molecule has 2 rings (SSSR count). The molecule has 0 N–H and O–H groups in total. The minimum Gasteiger partial charge on any atom is -0.496 e. The van der Waals surface area contributed by atoms with Crippen molar-refractivity contribution in [2.24, 2.45) is 0 Å². The summed E-state index contributed by atoms with van der Waals surface area (Å²) in [6.45, 7) is 6.20. The summed E-state index contributed by atoms with van der Waals surface area (Å²) in [5.74, 6) is 0.650. The number of hydrogen-bond donors (Lipinski definition) is 0. The van der Waals surface area contributed by atoms with Crippen LogP contribution in [0.5, 0.6) is 5.75 Å². The molecule has 4 heteroatoms. The number of methoxy groups -OCH3 is 1. The molecule has 0 saturated heterocycles. The third-order valence-electron chi connectivity index (χ3n) is 3.70. The Morgan fingerprint density at radius 1 is 1.38 bits per heavy atom. The molecule has 0 fully saturated rings. The molecule has 0 aliphatic heterocycles. The maximum absolute atomic E-state index is 12.5. The van der Waals surface area contributed by atoms with E-state index < -0.39 is 0 Å². The zero-order valence-corrected chi connectivity index (χ0v) is 13.1. The molecule has 1 heterocycles. The van der Waals surface area contributed by atoms with Crippen LogP contribution in [0.15, 0.2) is 30.5 Å². The summed E-state index contributed by atoms with van der Waals surface area (Å²) >= 11 is 0. The lowest BCUT2D eigenvalue weighted by Gasteiger charge is -2.09. The van der Waals surface area contributed by atoms with Crippen LogP contribution in [0.4, 0.5) is 0 Å². The van der Waals surface area contributed by atoms with Crippen LogP contribution in [0.1, 0.15) is 47.9 Å². The molecule has 112 valence electrons. The van der Waals surface area contributed by atoms with Gasteiger partial charge in [-0.05, 0) is 38.5 Å². The normalized spacial score (nSPS) is 12.2. The van der Waals surface area contributed by atoms with E-state index in [2.05, 4.69) is 18.9 Å². The predicted octanol–water partition coefficient (Wildman–Crippen LogP) is 3.60. The summed E-state index contributed by atoms with van der Waals surface area (Å²) in [4.78, 5) is 12.5. The van der Waals surface area contributed by atoms with Crippen molar-refractivity contribution in [2.45, 2.75) is 39.7 Å². The molecular formula is C17H22N2O2. The van der Waals surface area contributed by atoms with Gasteiger partial charge in [-0.25, -0.2) is 0 Å². The SMILES string of the molecule is CCC(C)n1ccc(CC(=O)c2cc(C)ccc2OC)n1. The Balaban J connectivity index is 2.18. The standard InChI is InChI=1S/C17H22N2O2/c1-5-13(3)19-9-8-14(18-19)11-16(20)15-10-12(2)6-7-17(15)21-4/h6-10,13H,5,11H2,1-4H3. The molecule has 0 saturated carbocycles. The molecular weight excluding hydrogens is 264 g/mol.